The summed E-state index contributed by atoms with van der Waals surface area (Å²) in [6.07, 6.45) is 1.60. The van der Waals surface area contributed by atoms with Crippen molar-refractivity contribution in [1.82, 2.24) is 9.03 Å². The van der Waals surface area contributed by atoms with Crippen LogP contribution in [0.5, 0.6) is 0 Å². The molecule has 2 aromatic carbocycles. The lowest BCUT2D eigenvalue weighted by Crippen LogP contribution is -2.36. The van der Waals surface area contributed by atoms with Crippen molar-refractivity contribution in [1.29, 1.82) is 0 Å². The molecule has 0 spiro atoms. The summed E-state index contributed by atoms with van der Waals surface area (Å²) >= 11 is 1.50. The molecule has 0 radical (unpaired) electrons. The molecule has 2 heterocycles. The lowest BCUT2D eigenvalue weighted by atomic mass is 10.2. The van der Waals surface area contributed by atoms with Crippen LogP contribution in [0.4, 0.5) is 0 Å². The lowest BCUT2D eigenvalue weighted by molar-refractivity contribution is 0.0927. The van der Waals surface area contributed by atoms with Gasteiger partial charge in [-0.2, -0.15) is 4.31 Å². The fourth-order valence-corrected chi connectivity index (χ4v) is 6.91. The van der Waals surface area contributed by atoms with E-state index in [9.17, 15) is 16.8 Å². The molecule has 1 aliphatic rings. The van der Waals surface area contributed by atoms with E-state index in [1.807, 2.05) is 47.8 Å². The van der Waals surface area contributed by atoms with Crippen molar-refractivity contribution in [2.45, 2.75) is 41.8 Å². The van der Waals surface area contributed by atoms with Gasteiger partial charge in [-0.25, -0.2) is 21.6 Å². The predicted octanol–water partition coefficient (Wildman–Crippen LogP) is 3.60. The Hall–Kier alpha value is -2.08. The molecule has 176 valence electrons. The third-order valence-corrected chi connectivity index (χ3v) is 9.53. The highest BCUT2D eigenvalue weighted by Gasteiger charge is 2.30. The van der Waals surface area contributed by atoms with Crippen molar-refractivity contribution in [2.75, 3.05) is 13.2 Å². The molecule has 0 saturated carbocycles. The molecule has 1 atom stereocenters. The molecule has 1 N–H and O–H groups in total. The van der Waals surface area contributed by atoms with Gasteiger partial charge >= 0.3 is 0 Å². The number of thiophene rings is 1. The van der Waals surface area contributed by atoms with E-state index in [-0.39, 0.29) is 35.5 Å². The second-order valence-corrected chi connectivity index (χ2v) is 12.5. The van der Waals surface area contributed by atoms with Crippen LogP contribution in [0.2, 0.25) is 0 Å². The van der Waals surface area contributed by atoms with Gasteiger partial charge in [-0.05, 0) is 54.1 Å². The fourth-order valence-electron chi connectivity index (χ4n) is 3.64. The van der Waals surface area contributed by atoms with Gasteiger partial charge in [-0.15, -0.1) is 11.3 Å². The van der Waals surface area contributed by atoms with Gasteiger partial charge in [0.25, 0.3) is 0 Å². The molecule has 7 nitrogen and oxygen atoms in total. The van der Waals surface area contributed by atoms with Gasteiger partial charge in [0.2, 0.25) is 20.0 Å². The predicted molar refractivity (Wildman–Crippen MR) is 128 cm³/mol. The van der Waals surface area contributed by atoms with E-state index in [1.54, 1.807) is 0 Å². The summed E-state index contributed by atoms with van der Waals surface area (Å²) in [6.45, 7) is 1.30. The molecule has 0 aliphatic carbocycles. The number of rotatable bonds is 10. The summed E-state index contributed by atoms with van der Waals surface area (Å²) in [7, 11) is -7.61. The number of nitrogens with zero attached hydrogens (tertiary/aromatic N) is 1. The molecule has 1 fully saturated rings. The van der Waals surface area contributed by atoms with E-state index in [2.05, 4.69) is 4.72 Å². The molecule has 0 bridgehead atoms. The first-order valence-corrected chi connectivity index (χ1v) is 14.4. The molecule has 1 aromatic heterocycles. The number of hydrogen-bond donors (Lipinski definition) is 1. The molecule has 10 heteroatoms. The molecular weight excluding hydrogens is 480 g/mol. The number of nitrogens with one attached hydrogen (secondary N) is 1. The summed E-state index contributed by atoms with van der Waals surface area (Å²) in [5.41, 5.74) is 0.832. The van der Waals surface area contributed by atoms with Crippen molar-refractivity contribution in [3.63, 3.8) is 0 Å². The smallest absolute Gasteiger partial charge is 0.243 e. The molecule has 3 aromatic rings. The van der Waals surface area contributed by atoms with E-state index in [0.29, 0.717) is 6.61 Å². The van der Waals surface area contributed by atoms with Gasteiger partial charge in [0, 0.05) is 31.1 Å². The van der Waals surface area contributed by atoms with E-state index >= 15 is 0 Å². The number of ether oxygens (including phenoxy) is 1. The van der Waals surface area contributed by atoms with Crippen LogP contribution in [-0.4, -0.2) is 40.4 Å². The van der Waals surface area contributed by atoms with Gasteiger partial charge in [-0.1, -0.05) is 36.4 Å². The van der Waals surface area contributed by atoms with Crippen molar-refractivity contribution in [3.05, 3.63) is 82.6 Å². The highest BCUT2D eigenvalue weighted by Crippen LogP contribution is 2.24. The van der Waals surface area contributed by atoms with Gasteiger partial charge < -0.3 is 4.74 Å². The summed E-state index contributed by atoms with van der Waals surface area (Å²) in [5, 5.41) is 1.91. The largest absolute Gasteiger partial charge is 0.377 e. The zero-order chi connectivity index (χ0) is 23.3. The Labute approximate surface area is 199 Å². The molecule has 1 aliphatic heterocycles. The molecular formula is C23H26N2O5S3. The minimum Gasteiger partial charge on any atom is -0.377 e. The van der Waals surface area contributed by atoms with Gasteiger partial charge in [-0.3, -0.25) is 0 Å². The summed E-state index contributed by atoms with van der Waals surface area (Å²) < 4.78 is 61.8. The van der Waals surface area contributed by atoms with Gasteiger partial charge in [0.1, 0.15) is 0 Å². The maximum absolute atomic E-state index is 13.4. The van der Waals surface area contributed by atoms with E-state index < -0.39 is 20.0 Å². The summed E-state index contributed by atoms with van der Waals surface area (Å²) in [4.78, 5) is 1.00. The minimum absolute atomic E-state index is 0.0151. The normalized spacial score (nSPS) is 16.9. The van der Waals surface area contributed by atoms with Crippen LogP contribution in [0.1, 0.15) is 23.3 Å². The maximum Gasteiger partial charge on any atom is 0.243 e. The molecule has 0 amide bonds. The topological polar surface area (TPSA) is 92.8 Å². The Bertz CT molecular complexity index is 1240. The van der Waals surface area contributed by atoms with Gasteiger partial charge in [0.05, 0.1) is 15.9 Å². The first-order chi connectivity index (χ1) is 15.8. The third-order valence-electron chi connectivity index (χ3n) is 5.42. The zero-order valence-corrected chi connectivity index (χ0v) is 20.4. The minimum atomic E-state index is -3.84. The number of benzene rings is 2. The molecule has 33 heavy (non-hydrogen) atoms. The molecule has 0 unspecified atom stereocenters. The first kappa shape index (κ1) is 24.1. The standard InChI is InChI=1S/C23H26N2O5S3/c26-32(27,24-16-19-6-2-1-3-7-19)22-10-12-23(13-11-22)33(28,29)25(17-20-8-4-14-30-20)18-21-9-5-15-31-21/h1-3,5-7,9-13,15,20,24H,4,8,14,16-18H2/t20-/m1/s1. The zero-order valence-electron chi connectivity index (χ0n) is 18.0. The average molecular weight is 507 g/mol. The monoisotopic (exact) mass is 506 g/mol. The van der Waals surface area contributed by atoms with Crippen LogP contribution in [0.3, 0.4) is 0 Å². The van der Waals surface area contributed by atoms with Crippen LogP contribution in [-0.2, 0) is 37.9 Å². The fraction of sp³-hybridized carbons (Fsp3) is 0.304. The van der Waals surface area contributed by atoms with Crippen molar-refractivity contribution < 1.29 is 21.6 Å². The summed E-state index contributed by atoms with van der Waals surface area (Å²) in [5.74, 6) is 0. The highest BCUT2D eigenvalue weighted by atomic mass is 32.2. The molecule has 4 rings (SSSR count). The van der Waals surface area contributed by atoms with Crippen LogP contribution >= 0.6 is 11.3 Å². The third kappa shape index (κ3) is 6.08. The average Bonchev–Trinajstić information content (AvgIpc) is 3.53. The van der Waals surface area contributed by atoms with Crippen LogP contribution in [0.15, 0.2) is 81.9 Å². The lowest BCUT2D eigenvalue weighted by Gasteiger charge is -2.24. The van der Waals surface area contributed by atoms with E-state index in [0.717, 1.165) is 23.3 Å². The Morgan fingerprint density at radius 1 is 0.939 bits per heavy atom. The van der Waals surface area contributed by atoms with Crippen LogP contribution in [0.25, 0.3) is 0 Å². The van der Waals surface area contributed by atoms with Crippen LogP contribution in [0, 0.1) is 0 Å². The van der Waals surface area contributed by atoms with E-state index in [4.69, 9.17) is 4.74 Å². The number of sulfonamides is 2. The van der Waals surface area contributed by atoms with Crippen molar-refractivity contribution in [2.24, 2.45) is 0 Å². The van der Waals surface area contributed by atoms with Gasteiger partial charge in [0.15, 0.2) is 0 Å². The first-order valence-electron chi connectivity index (χ1n) is 10.6. The van der Waals surface area contributed by atoms with Crippen LogP contribution < -0.4 is 4.72 Å². The Morgan fingerprint density at radius 3 is 2.30 bits per heavy atom. The second kappa shape index (κ2) is 10.5. The Kier molecular flexibility index (Phi) is 7.62. The quantitative estimate of drug-likeness (QED) is 0.454. The van der Waals surface area contributed by atoms with E-state index in [1.165, 1.54) is 39.9 Å². The Morgan fingerprint density at radius 2 is 1.67 bits per heavy atom. The SMILES string of the molecule is O=S(=O)(NCc1ccccc1)c1ccc(S(=O)(=O)N(Cc2cccs2)C[C@H]2CCCO2)cc1. The second-order valence-electron chi connectivity index (χ2n) is 7.79. The highest BCUT2D eigenvalue weighted by molar-refractivity contribution is 7.89. The van der Waals surface area contributed by atoms with Crippen molar-refractivity contribution >= 4 is 31.4 Å². The number of hydrogen-bond acceptors (Lipinski definition) is 6. The Balaban J connectivity index is 1.52. The van der Waals surface area contributed by atoms with Crippen molar-refractivity contribution in [3.8, 4) is 0 Å². The maximum atomic E-state index is 13.4. The summed E-state index contributed by atoms with van der Waals surface area (Å²) in [6, 6.07) is 18.3. The molecule has 1 saturated heterocycles.